The fourth-order valence-corrected chi connectivity index (χ4v) is 2.18. The summed E-state index contributed by atoms with van der Waals surface area (Å²) in [6.45, 7) is 3.84. The molecule has 3 heteroatoms. The Morgan fingerprint density at radius 1 is 1.00 bits per heavy atom. The highest BCUT2D eigenvalue weighted by atomic mass is 32.2. The topological polar surface area (TPSA) is 23.5 Å². The maximum atomic E-state index is 8.64. The van der Waals surface area contributed by atoms with Gasteiger partial charge in [0, 0.05) is 6.61 Å². The smallest absolute Gasteiger partial charge is 0.0523 e. The van der Waals surface area contributed by atoms with E-state index in [9.17, 15) is 0 Å². The van der Waals surface area contributed by atoms with E-state index in [0.717, 1.165) is 6.42 Å². The molecule has 0 aromatic heterocycles. The van der Waals surface area contributed by atoms with Gasteiger partial charge in [0.25, 0.3) is 0 Å². The SMILES string of the molecule is CSC(C)N(C)CCCCCCCCCO. The molecule has 0 aliphatic rings. The molecule has 0 aromatic carbocycles. The summed E-state index contributed by atoms with van der Waals surface area (Å²) in [5.74, 6) is 0. The summed E-state index contributed by atoms with van der Waals surface area (Å²) in [6, 6.07) is 0. The van der Waals surface area contributed by atoms with Gasteiger partial charge in [0.05, 0.1) is 5.37 Å². The number of hydrogen-bond acceptors (Lipinski definition) is 3. The molecule has 0 aliphatic carbocycles. The van der Waals surface area contributed by atoms with E-state index in [1.54, 1.807) is 0 Å². The van der Waals surface area contributed by atoms with Crippen LogP contribution in [0.2, 0.25) is 0 Å². The first-order valence-corrected chi connectivity index (χ1v) is 7.85. The molecule has 0 radical (unpaired) electrons. The van der Waals surface area contributed by atoms with E-state index in [0.29, 0.717) is 12.0 Å². The van der Waals surface area contributed by atoms with Crippen molar-refractivity contribution < 1.29 is 5.11 Å². The molecule has 0 heterocycles. The van der Waals surface area contributed by atoms with E-state index in [1.807, 2.05) is 11.8 Å². The second-order valence-electron chi connectivity index (χ2n) is 4.51. The quantitative estimate of drug-likeness (QED) is 0.447. The summed E-state index contributed by atoms with van der Waals surface area (Å²) in [6.07, 6.45) is 11.0. The van der Waals surface area contributed by atoms with Gasteiger partial charge in [-0.2, -0.15) is 0 Å². The highest BCUT2D eigenvalue weighted by Gasteiger charge is 2.05. The molecule has 0 amide bonds. The van der Waals surface area contributed by atoms with Crippen LogP contribution in [0.15, 0.2) is 0 Å². The Bertz CT molecular complexity index is 144. The Hall–Kier alpha value is 0.270. The van der Waals surface area contributed by atoms with Gasteiger partial charge in [-0.1, -0.05) is 32.1 Å². The molecule has 1 N–H and O–H groups in total. The third kappa shape index (κ3) is 9.49. The molecular weight excluding hydrogens is 218 g/mol. The highest BCUT2D eigenvalue weighted by Crippen LogP contribution is 2.12. The van der Waals surface area contributed by atoms with Gasteiger partial charge in [-0.05, 0) is 39.6 Å². The lowest BCUT2D eigenvalue weighted by Gasteiger charge is -2.22. The van der Waals surface area contributed by atoms with E-state index in [2.05, 4.69) is 25.1 Å². The summed E-state index contributed by atoms with van der Waals surface area (Å²) in [4.78, 5) is 2.43. The van der Waals surface area contributed by atoms with Crippen molar-refractivity contribution in [1.29, 1.82) is 0 Å². The van der Waals surface area contributed by atoms with Crippen molar-refractivity contribution in [2.45, 2.75) is 57.2 Å². The van der Waals surface area contributed by atoms with Crippen molar-refractivity contribution in [1.82, 2.24) is 4.90 Å². The minimum Gasteiger partial charge on any atom is -0.396 e. The van der Waals surface area contributed by atoms with E-state index in [4.69, 9.17) is 5.11 Å². The van der Waals surface area contributed by atoms with Gasteiger partial charge < -0.3 is 5.11 Å². The number of aliphatic hydroxyl groups is 1. The predicted molar refractivity (Wildman–Crippen MR) is 75.0 cm³/mol. The third-order valence-corrected chi connectivity index (χ3v) is 4.17. The lowest BCUT2D eigenvalue weighted by atomic mass is 10.1. The van der Waals surface area contributed by atoms with Crippen molar-refractivity contribution in [3.63, 3.8) is 0 Å². The molecule has 1 atom stereocenters. The first-order chi connectivity index (χ1) is 7.72. The van der Waals surface area contributed by atoms with Crippen molar-refractivity contribution in [3.8, 4) is 0 Å². The molecular formula is C13H29NOS. The van der Waals surface area contributed by atoms with Crippen molar-refractivity contribution in [3.05, 3.63) is 0 Å². The molecule has 0 aliphatic heterocycles. The maximum absolute atomic E-state index is 8.64. The summed E-state index contributed by atoms with van der Waals surface area (Å²) in [5.41, 5.74) is 0. The standard InChI is InChI=1S/C13H29NOS/c1-13(16-3)14(2)11-9-7-5-4-6-8-10-12-15/h13,15H,4-12H2,1-3H3. The number of thioether (sulfide) groups is 1. The molecule has 0 rings (SSSR count). The van der Waals surface area contributed by atoms with Gasteiger partial charge in [-0.25, -0.2) is 0 Å². The average molecular weight is 247 g/mol. The predicted octanol–water partition coefficient (Wildman–Crippen LogP) is 3.35. The molecule has 0 fully saturated rings. The Morgan fingerprint density at radius 2 is 1.50 bits per heavy atom. The van der Waals surface area contributed by atoms with Crippen LogP contribution >= 0.6 is 11.8 Å². The van der Waals surface area contributed by atoms with Crippen molar-refractivity contribution in [2.24, 2.45) is 0 Å². The summed E-state index contributed by atoms with van der Waals surface area (Å²) < 4.78 is 0. The number of hydrogen-bond donors (Lipinski definition) is 1. The van der Waals surface area contributed by atoms with Gasteiger partial charge in [-0.3, -0.25) is 4.90 Å². The summed E-state index contributed by atoms with van der Waals surface area (Å²) in [7, 11) is 2.21. The molecule has 16 heavy (non-hydrogen) atoms. The third-order valence-electron chi connectivity index (χ3n) is 3.13. The largest absolute Gasteiger partial charge is 0.396 e. The molecule has 1 unspecified atom stereocenters. The lowest BCUT2D eigenvalue weighted by molar-refractivity contribution is 0.282. The van der Waals surface area contributed by atoms with Gasteiger partial charge in [0.2, 0.25) is 0 Å². The van der Waals surface area contributed by atoms with Crippen LogP contribution in [0.5, 0.6) is 0 Å². The van der Waals surface area contributed by atoms with Crippen LogP contribution in [0, 0.1) is 0 Å². The summed E-state index contributed by atoms with van der Waals surface area (Å²) in [5, 5.41) is 9.28. The van der Waals surface area contributed by atoms with E-state index >= 15 is 0 Å². The van der Waals surface area contributed by atoms with Gasteiger partial charge >= 0.3 is 0 Å². The van der Waals surface area contributed by atoms with Crippen LogP contribution in [0.4, 0.5) is 0 Å². The van der Waals surface area contributed by atoms with Crippen LogP contribution in [0.1, 0.15) is 51.9 Å². The summed E-state index contributed by atoms with van der Waals surface area (Å²) >= 11 is 1.91. The minimum atomic E-state index is 0.358. The zero-order chi connectivity index (χ0) is 12.2. The van der Waals surface area contributed by atoms with Crippen molar-refractivity contribution in [2.75, 3.05) is 26.5 Å². The molecule has 0 bridgehead atoms. The number of unbranched alkanes of at least 4 members (excludes halogenated alkanes) is 6. The molecule has 0 spiro atoms. The molecule has 2 nitrogen and oxygen atoms in total. The van der Waals surface area contributed by atoms with Gasteiger partial charge in [0.1, 0.15) is 0 Å². The fourth-order valence-electron chi connectivity index (χ4n) is 1.72. The second-order valence-corrected chi connectivity index (χ2v) is 5.67. The normalized spacial score (nSPS) is 13.3. The second kappa shape index (κ2) is 11.7. The highest BCUT2D eigenvalue weighted by molar-refractivity contribution is 7.99. The first kappa shape index (κ1) is 16.3. The average Bonchev–Trinajstić information content (AvgIpc) is 2.31. The van der Waals surface area contributed by atoms with E-state index in [1.165, 1.54) is 45.1 Å². The van der Waals surface area contributed by atoms with E-state index < -0.39 is 0 Å². The minimum absolute atomic E-state index is 0.358. The lowest BCUT2D eigenvalue weighted by Crippen LogP contribution is -2.27. The maximum Gasteiger partial charge on any atom is 0.0523 e. The Balaban J connectivity index is 3.14. The van der Waals surface area contributed by atoms with Crippen LogP contribution in [-0.2, 0) is 0 Å². The van der Waals surface area contributed by atoms with Crippen molar-refractivity contribution >= 4 is 11.8 Å². The first-order valence-electron chi connectivity index (χ1n) is 6.56. The van der Waals surface area contributed by atoms with E-state index in [-0.39, 0.29) is 0 Å². The Morgan fingerprint density at radius 3 is 2.00 bits per heavy atom. The monoisotopic (exact) mass is 247 g/mol. The van der Waals surface area contributed by atoms with Gasteiger partial charge in [0.15, 0.2) is 0 Å². The molecule has 0 aromatic rings. The number of aliphatic hydroxyl groups excluding tert-OH is 1. The van der Waals surface area contributed by atoms with Gasteiger partial charge in [-0.15, -0.1) is 11.8 Å². The number of nitrogens with zero attached hydrogens (tertiary/aromatic N) is 1. The van der Waals surface area contributed by atoms with Crippen LogP contribution in [-0.4, -0.2) is 41.8 Å². The number of rotatable bonds is 11. The zero-order valence-electron chi connectivity index (χ0n) is 11.2. The van der Waals surface area contributed by atoms with Crippen LogP contribution in [0.3, 0.4) is 0 Å². The molecule has 0 saturated heterocycles. The zero-order valence-corrected chi connectivity index (χ0v) is 12.1. The molecule has 98 valence electrons. The fraction of sp³-hybridized carbons (Fsp3) is 1.00. The van der Waals surface area contributed by atoms with Crippen LogP contribution in [0.25, 0.3) is 0 Å². The molecule has 0 saturated carbocycles. The Kier molecular flexibility index (Phi) is 11.9. The van der Waals surface area contributed by atoms with Crippen LogP contribution < -0.4 is 0 Å². The Labute approximate surface area is 106 Å².